The number of piperidine rings is 1. The third-order valence-electron chi connectivity index (χ3n) is 7.50. The van der Waals surface area contributed by atoms with Crippen LogP contribution < -0.4 is 10.1 Å². The number of aromatic nitrogens is 1. The molecule has 2 unspecified atom stereocenters. The topological polar surface area (TPSA) is 78.2 Å². The van der Waals surface area contributed by atoms with Crippen LogP contribution >= 0.6 is 23.2 Å². The lowest BCUT2D eigenvalue weighted by atomic mass is 9.86. The summed E-state index contributed by atoms with van der Waals surface area (Å²) in [7, 11) is 0. The minimum absolute atomic E-state index is 0.109. The average molecular weight is 605 g/mol. The number of rotatable bonds is 9. The molecular formula is C30H29Cl2F3N4O2. The lowest BCUT2D eigenvalue weighted by Gasteiger charge is -2.39. The molecule has 1 N–H and O–H groups in total. The summed E-state index contributed by atoms with van der Waals surface area (Å²) in [6.45, 7) is 4.90. The van der Waals surface area contributed by atoms with Gasteiger partial charge in [0.15, 0.2) is 11.6 Å². The van der Waals surface area contributed by atoms with Gasteiger partial charge in [-0.1, -0.05) is 29.3 Å². The average Bonchev–Trinajstić information content (AvgIpc) is 2.97. The second-order valence-corrected chi connectivity index (χ2v) is 10.9. The third kappa shape index (κ3) is 7.13. The first kappa shape index (κ1) is 30.6. The van der Waals surface area contributed by atoms with Crippen LogP contribution in [0.2, 0.25) is 10.0 Å². The van der Waals surface area contributed by atoms with E-state index in [-0.39, 0.29) is 44.6 Å². The Bertz CT molecular complexity index is 1440. The Kier molecular flexibility index (Phi) is 10.1. The maximum absolute atomic E-state index is 15.1. The number of halogens is 5. The number of hydrogen-bond acceptors (Lipinski definition) is 5. The summed E-state index contributed by atoms with van der Waals surface area (Å²) in [5.41, 5.74) is -0.0390. The summed E-state index contributed by atoms with van der Waals surface area (Å²) in [5, 5.41) is 12.4. The molecule has 1 aromatic heterocycles. The van der Waals surface area contributed by atoms with E-state index in [4.69, 9.17) is 27.9 Å². The highest BCUT2D eigenvalue weighted by Crippen LogP contribution is 2.38. The summed E-state index contributed by atoms with van der Waals surface area (Å²) < 4.78 is 50.4. The van der Waals surface area contributed by atoms with Crippen LogP contribution in [0.25, 0.3) is 0 Å². The Balaban J connectivity index is 1.43. The van der Waals surface area contributed by atoms with E-state index < -0.39 is 23.6 Å². The Morgan fingerprint density at radius 2 is 1.85 bits per heavy atom. The normalized spacial score (nSPS) is 15.7. The fraction of sp³-hybridized carbons (Fsp3) is 0.367. The van der Waals surface area contributed by atoms with E-state index in [1.165, 1.54) is 25.4 Å². The number of pyridine rings is 1. The quantitative estimate of drug-likeness (QED) is 0.265. The molecule has 1 aliphatic heterocycles. The number of nitrogens with zero attached hydrogens (tertiary/aromatic N) is 3. The lowest BCUT2D eigenvalue weighted by Crippen LogP contribution is -2.43. The van der Waals surface area contributed by atoms with Crippen LogP contribution in [-0.2, 0) is 0 Å². The van der Waals surface area contributed by atoms with E-state index in [1.807, 2.05) is 13.0 Å². The van der Waals surface area contributed by atoms with Gasteiger partial charge in [0.1, 0.15) is 17.7 Å². The molecule has 216 valence electrons. The SMILES string of the molecule is Cc1c(F)cc(C(Oc2cccc(C#N)c2)C2CCN(C(C)CCNC(=O)c3c(Cl)cncc3Cl)CC2)c(F)c1F. The molecule has 4 rings (SSSR count). The van der Waals surface area contributed by atoms with E-state index in [9.17, 15) is 18.8 Å². The van der Waals surface area contributed by atoms with Crippen LogP contribution in [0, 0.1) is 41.6 Å². The van der Waals surface area contributed by atoms with Gasteiger partial charge in [-0.15, -0.1) is 0 Å². The molecule has 2 atom stereocenters. The number of benzene rings is 2. The fourth-order valence-corrected chi connectivity index (χ4v) is 5.60. The van der Waals surface area contributed by atoms with Crippen molar-refractivity contribution in [2.45, 2.75) is 45.3 Å². The van der Waals surface area contributed by atoms with Crippen molar-refractivity contribution in [3.63, 3.8) is 0 Å². The largest absolute Gasteiger partial charge is 0.485 e. The van der Waals surface area contributed by atoms with Crippen molar-refractivity contribution in [2.24, 2.45) is 5.92 Å². The van der Waals surface area contributed by atoms with Crippen LogP contribution in [0.3, 0.4) is 0 Å². The molecule has 2 heterocycles. The number of hydrogen-bond donors (Lipinski definition) is 1. The van der Waals surface area contributed by atoms with Crippen molar-refractivity contribution < 1.29 is 22.7 Å². The smallest absolute Gasteiger partial charge is 0.254 e. The number of nitriles is 1. The van der Waals surface area contributed by atoms with Crippen molar-refractivity contribution in [1.29, 1.82) is 5.26 Å². The molecule has 0 bridgehead atoms. The Morgan fingerprint density at radius 1 is 1.17 bits per heavy atom. The first-order valence-corrected chi connectivity index (χ1v) is 14.0. The minimum atomic E-state index is -1.23. The molecule has 6 nitrogen and oxygen atoms in total. The van der Waals surface area contributed by atoms with Crippen LogP contribution in [-0.4, -0.2) is 41.5 Å². The summed E-state index contributed by atoms with van der Waals surface area (Å²) in [4.78, 5) is 18.6. The van der Waals surface area contributed by atoms with Crippen molar-refractivity contribution in [2.75, 3.05) is 19.6 Å². The molecule has 3 aromatic rings. The van der Waals surface area contributed by atoms with Gasteiger partial charge >= 0.3 is 0 Å². The van der Waals surface area contributed by atoms with Gasteiger partial charge in [0.05, 0.1) is 27.2 Å². The van der Waals surface area contributed by atoms with Gasteiger partial charge in [-0.2, -0.15) is 5.26 Å². The van der Waals surface area contributed by atoms with E-state index >= 15 is 4.39 Å². The molecule has 0 aliphatic carbocycles. The summed E-state index contributed by atoms with van der Waals surface area (Å²) in [6.07, 6.45) is 3.58. The van der Waals surface area contributed by atoms with Crippen molar-refractivity contribution in [3.05, 3.63) is 92.5 Å². The van der Waals surface area contributed by atoms with Gasteiger partial charge in [-0.05, 0) is 70.5 Å². The van der Waals surface area contributed by atoms with Gasteiger partial charge in [-0.25, -0.2) is 13.2 Å². The molecule has 0 spiro atoms. The van der Waals surface area contributed by atoms with Crippen LogP contribution in [0.4, 0.5) is 13.2 Å². The summed E-state index contributed by atoms with van der Waals surface area (Å²) in [6, 6.07) is 9.54. The zero-order valence-electron chi connectivity index (χ0n) is 22.6. The van der Waals surface area contributed by atoms with Gasteiger partial charge in [0.25, 0.3) is 5.91 Å². The standard InChI is InChI=1S/C30H29Cl2F3N4O2/c1-17(6-9-38-30(40)26-23(31)15-37-16-24(26)32)39-10-7-20(8-11-39)29(41-21-5-3-4-19(12-21)14-36)22-13-25(33)18(2)27(34)28(22)35/h3-5,12-13,15-17,20,29H,6-11H2,1-2H3,(H,38,40). The van der Waals surface area contributed by atoms with Crippen LogP contribution in [0.1, 0.15) is 59.3 Å². The number of carbonyl (C=O) groups excluding carboxylic acids is 1. The first-order valence-electron chi connectivity index (χ1n) is 13.2. The van der Waals surface area contributed by atoms with E-state index in [0.717, 1.165) is 6.07 Å². The van der Waals surface area contributed by atoms with Gasteiger partial charge in [0.2, 0.25) is 0 Å². The predicted octanol–water partition coefficient (Wildman–Crippen LogP) is 7.03. The molecule has 1 amide bonds. The van der Waals surface area contributed by atoms with Crippen LogP contribution in [0.15, 0.2) is 42.7 Å². The maximum atomic E-state index is 15.1. The van der Waals surface area contributed by atoms with Crippen molar-refractivity contribution in [1.82, 2.24) is 15.2 Å². The van der Waals surface area contributed by atoms with Gasteiger partial charge in [0, 0.05) is 42.0 Å². The lowest BCUT2D eigenvalue weighted by molar-refractivity contribution is 0.0581. The molecule has 41 heavy (non-hydrogen) atoms. The number of likely N-dealkylation sites (tertiary alicyclic amines) is 1. The number of nitrogens with one attached hydrogen (secondary N) is 1. The van der Waals surface area contributed by atoms with Gasteiger partial charge < -0.3 is 15.0 Å². The highest BCUT2D eigenvalue weighted by Gasteiger charge is 2.34. The molecule has 0 radical (unpaired) electrons. The molecule has 1 aliphatic rings. The zero-order chi connectivity index (χ0) is 29.7. The highest BCUT2D eigenvalue weighted by atomic mass is 35.5. The van der Waals surface area contributed by atoms with Crippen molar-refractivity contribution in [3.8, 4) is 11.8 Å². The Labute approximate surface area is 247 Å². The van der Waals surface area contributed by atoms with Gasteiger partial charge in [-0.3, -0.25) is 9.78 Å². The minimum Gasteiger partial charge on any atom is -0.485 e. The van der Waals surface area contributed by atoms with Crippen molar-refractivity contribution >= 4 is 29.1 Å². The van der Waals surface area contributed by atoms with E-state index in [2.05, 4.69) is 15.2 Å². The molecular weight excluding hydrogens is 576 g/mol. The third-order valence-corrected chi connectivity index (χ3v) is 8.08. The Morgan fingerprint density at radius 3 is 2.51 bits per heavy atom. The molecule has 11 heteroatoms. The fourth-order valence-electron chi connectivity index (χ4n) is 5.07. The second-order valence-electron chi connectivity index (χ2n) is 10.1. The van der Waals surface area contributed by atoms with E-state index in [1.54, 1.807) is 18.2 Å². The number of ether oxygens (including phenoxy) is 1. The predicted molar refractivity (Wildman–Crippen MR) is 151 cm³/mol. The number of amides is 1. The number of carbonyl (C=O) groups is 1. The second kappa shape index (κ2) is 13.6. The molecule has 0 saturated carbocycles. The maximum Gasteiger partial charge on any atom is 0.254 e. The van der Waals surface area contributed by atoms with E-state index in [0.29, 0.717) is 50.2 Å². The zero-order valence-corrected chi connectivity index (χ0v) is 24.1. The summed E-state index contributed by atoms with van der Waals surface area (Å²) >= 11 is 12.1. The molecule has 2 aromatic carbocycles. The highest BCUT2D eigenvalue weighted by molar-refractivity contribution is 6.39. The molecule has 1 fully saturated rings. The first-order chi connectivity index (χ1) is 19.6. The monoisotopic (exact) mass is 604 g/mol. The molecule has 1 saturated heterocycles. The summed E-state index contributed by atoms with van der Waals surface area (Å²) in [5.74, 6) is -3.52. The van der Waals surface area contributed by atoms with Crippen LogP contribution in [0.5, 0.6) is 5.75 Å². The Hall–Kier alpha value is -3.32.